The first-order chi connectivity index (χ1) is 5.82. The van der Waals surface area contributed by atoms with Crippen molar-refractivity contribution in [3.8, 4) is 0 Å². The minimum atomic E-state index is -0.434. The Hall–Kier alpha value is -0.820. The van der Waals surface area contributed by atoms with Gasteiger partial charge in [-0.3, -0.25) is 0 Å². The van der Waals surface area contributed by atoms with E-state index in [4.69, 9.17) is 0 Å². The molecule has 1 fully saturated rings. The Balaban J connectivity index is 2.19. The SMILES string of the molecule is O[C@]12CCC[C@H]1c1ccccc12. The van der Waals surface area contributed by atoms with Crippen molar-refractivity contribution in [2.24, 2.45) is 0 Å². The average molecular weight is 160 g/mol. The van der Waals surface area contributed by atoms with Gasteiger partial charge < -0.3 is 5.11 Å². The van der Waals surface area contributed by atoms with Gasteiger partial charge in [0, 0.05) is 5.92 Å². The van der Waals surface area contributed by atoms with Crippen LogP contribution in [0.25, 0.3) is 0 Å². The third kappa shape index (κ3) is 0.558. The Morgan fingerprint density at radius 2 is 2.17 bits per heavy atom. The summed E-state index contributed by atoms with van der Waals surface area (Å²) < 4.78 is 0. The van der Waals surface area contributed by atoms with Gasteiger partial charge in [0.2, 0.25) is 0 Å². The summed E-state index contributed by atoms with van der Waals surface area (Å²) in [6, 6.07) is 8.30. The lowest BCUT2D eigenvalue weighted by molar-refractivity contribution is -0.000669. The zero-order valence-corrected chi connectivity index (χ0v) is 6.96. The summed E-state index contributed by atoms with van der Waals surface area (Å²) in [5.74, 6) is 0.452. The summed E-state index contributed by atoms with van der Waals surface area (Å²) in [4.78, 5) is 0. The largest absolute Gasteiger partial charge is 0.385 e. The minimum absolute atomic E-state index is 0.434. The Bertz CT molecular complexity index is 332. The fourth-order valence-electron chi connectivity index (χ4n) is 2.84. The molecule has 1 heteroatoms. The summed E-state index contributed by atoms with van der Waals surface area (Å²) in [5, 5.41) is 10.2. The number of aliphatic hydroxyl groups is 1. The van der Waals surface area contributed by atoms with Crippen LogP contribution < -0.4 is 0 Å². The third-order valence-corrected chi connectivity index (χ3v) is 3.43. The van der Waals surface area contributed by atoms with E-state index in [1.165, 1.54) is 24.0 Å². The highest BCUT2D eigenvalue weighted by Gasteiger charge is 2.52. The lowest BCUT2D eigenvalue weighted by atomic mass is 9.66. The Labute approximate surface area is 72.0 Å². The highest BCUT2D eigenvalue weighted by Crippen LogP contribution is 2.59. The first-order valence-electron chi connectivity index (χ1n) is 4.64. The van der Waals surface area contributed by atoms with Gasteiger partial charge >= 0.3 is 0 Å². The molecule has 62 valence electrons. The molecule has 2 atom stereocenters. The average Bonchev–Trinajstić information content (AvgIpc) is 2.43. The van der Waals surface area contributed by atoms with Gasteiger partial charge in [0.15, 0.2) is 0 Å². The summed E-state index contributed by atoms with van der Waals surface area (Å²) in [6.45, 7) is 0. The molecule has 1 saturated carbocycles. The van der Waals surface area contributed by atoms with Gasteiger partial charge in [-0.1, -0.05) is 24.3 Å². The molecule has 3 rings (SSSR count). The molecule has 0 unspecified atom stereocenters. The van der Waals surface area contributed by atoms with Gasteiger partial charge in [-0.25, -0.2) is 0 Å². The molecule has 0 heterocycles. The molecule has 0 radical (unpaired) electrons. The molecule has 0 spiro atoms. The molecular formula is C11H12O. The number of hydrogen-bond donors (Lipinski definition) is 1. The predicted octanol–water partition coefficient (Wildman–Crippen LogP) is 2.16. The molecule has 1 nitrogen and oxygen atoms in total. The molecule has 0 aromatic heterocycles. The van der Waals surface area contributed by atoms with E-state index in [-0.39, 0.29) is 0 Å². The van der Waals surface area contributed by atoms with Crippen LogP contribution in [0.2, 0.25) is 0 Å². The van der Waals surface area contributed by atoms with Gasteiger partial charge in [0.25, 0.3) is 0 Å². The number of rotatable bonds is 0. The van der Waals surface area contributed by atoms with E-state index in [0.29, 0.717) is 5.92 Å². The smallest absolute Gasteiger partial charge is 0.0967 e. The van der Waals surface area contributed by atoms with Crippen LogP contribution in [0.15, 0.2) is 24.3 Å². The van der Waals surface area contributed by atoms with E-state index in [1.54, 1.807) is 0 Å². The lowest BCUT2D eigenvalue weighted by Crippen LogP contribution is -2.39. The van der Waals surface area contributed by atoms with Crippen LogP contribution in [-0.2, 0) is 5.60 Å². The van der Waals surface area contributed by atoms with E-state index in [2.05, 4.69) is 18.2 Å². The van der Waals surface area contributed by atoms with Crippen molar-refractivity contribution < 1.29 is 5.11 Å². The van der Waals surface area contributed by atoms with Crippen LogP contribution in [0.5, 0.6) is 0 Å². The second-order valence-electron chi connectivity index (χ2n) is 3.96. The fraction of sp³-hybridized carbons (Fsp3) is 0.455. The summed E-state index contributed by atoms with van der Waals surface area (Å²) >= 11 is 0. The molecule has 2 aliphatic carbocycles. The van der Waals surface area contributed by atoms with Crippen molar-refractivity contribution in [1.29, 1.82) is 0 Å². The molecular weight excluding hydrogens is 148 g/mol. The van der Waals surface area contributed by atoms with E-state index >= 15 is 0 Å². The summed E-state index contributed by atoms with van der Waals surface area (Å²) in [5.41, 5.74) is 2.14. The van der Waals surface area contributed by atoms with Gasteiger partial charge in [0.1, 0.15) is 0 Å². The molecule has 0 amide bonds. The normalized spacial score (nSPS) is 36.9. The lowest BCUT2D eigenvalue weighted by Gasteiger charge is -2.43. The monoisotopic (exact) mass is 160 g/mol. The van der Waals surface area contributed by atoms with Crippen molar-refractivity contribution in [2.45, 2.75) is 30.8 Å². The van der Waals surface area contributed by atoms with Gasteiger partial charge in [0.05, 0.1) is 5.60 Å². The highest BCUT2D eigenvalue weighted by atomic mass is 16.3. The Kier molecular flexibility index (Phi) is 1.06. The fourth-order valence-corrected chi connectivity index (χ4v) is 2.84. The second kappa shape index (κ2) is 1.91. The summed E-state index contributed by atoms with van der Waals surface area (Å²) in [7, 11) is 0. The maximum atomic E-state index is 10.2. The first-order valence-corrected chi connectivity index (χ1v) is 4.64. The minimum Gasteiger partial charge on any atom is -0.385 e. The van der Waals surface area contributed by atoms with Crippen LogP contribution in [0, 0.1) is 0 Å². The molecule has 0 bridgehead atoms. The maximum Gasteiger partial charge on any atom is 0.0967 e. The second-order valence-corrected chi connectivity index (χ2v) is 3.96. The first kappa shape index (κ1) is 6.67. The zero-order valence-electron chi connectivity index (χ0n) is 6.96. The highest BCUT2D eigenvalue weighted by molar-refractivity contribution is 5.48. The molecule has 0 saturated heterocycles. The van der Waals surface area contributed by atoms with E-state index < -0.39 is 5.60 Å². The van der Waals surface area contributed by atoms with E-state index in [0.717, 1.165) is 6.42 Å². The molecule has 1 aromatic rings. The topological polar surface area (TPSA) is 20.2 Å². The molecule has 1 N–H and O–H groups in total. The molecule has 0 aliphatic heterocycles. The Morgan fingerprint density at radius 1 is 1.33 bits per heavy atom. The zero-order chi connectivity index (χ0) is 8.18. The van der Waals surface area contributed by atoms with Crippen LogP contribution in [0.4, 0.5) is 0 Å². The van der Waals surface area contributed by atoms with Gasteiger partial charge in [-0.2, -0.15) is 0 Å². The molecule has 2 aliphatic rings. The van der Waals surface area contributed by atoms with Gasteiger partial charge in [-0.05, 0) is 30.4 Å². The number of fused-ring (bicyclic) bond motifs is 4. The van der Waals surface area contributed by atoms with Crippen molar-refractivity contribution in [1.82, 2.24) is 0 Å². The van der Waals surface area contributed by atoms with Crippen LogP contribution in [-0.4, -0.2) is 5.11 Å². The van der Waals surface area contributed by atoms with E-state index in [9.17, 15) is 5.11 Å². The quantitative estimate of drug-likeness (QED) is 0.616. The molecule has 12 heavy (non-hydrogen) atoms. The van der Waals surface area contributed by atoms with Crippen molar-refractivity contribution >= 4 is 0 Å². The van der Waals surface area contributed by atoms with Crippen molar-refractivity contribution in [3.05, 3.63) is 35.4 Å². The number of benzene rings is 1. The molecule has 1 aromatic carbocycles. The van der Waals surface area contributed by atoms with Crippen LogP contribution >= 0.6 is 0 Å². The van der Waals surface area contributed by atoms with E-state index in [1.807, 2.05) is 6.07 Å². The predicted molar refractivity (Wildman–Crippen MR) is 46.9 cm³/mol. The third-order valence-electron chi connectivity index (χ3n) is 3.43. The van der Waals surface area contributed by atoms with Crippen LogP contribution in [0.1, 0.15) is 36.3 Å². The van der Waals surface area contributed by atoms with Crippen molar-refractivity contribution in [2.75, 3.05) is 0 Å². The van der Waals surface area contributed by atoms with Crippen molar-refractivity contribution in [3.63, 3.8) is 0 Å². The summed E-state index contributed by atoms with van der Waals surface area (Å²) in [6.07, 6.45) is 3.32. The number of hydrogen-bond acceptors (Lipinski definition) is 1. The maximum absolute atomic E-state index is 10.2. The van der Waals surface area contributed by atoms with Gasteiger partial charge in [-0.15, -0.1) is 0 Å². The van der Waals surface area contributed by atoms with Crippen LogP contribution in [0.3, 0.4) is 0 Å². The Morgan fingerprint density at radius 3 is 3.08 bits per heavy atom. The standard InChI is InChI=1S/C11H12O/c12-11-7-3-6-10(11)8-4-1-2-5-9(8)11/h1-2,4-5,10,12H,3,6-7H2/t10-,11-/m0/s1.